The molecular formula is C43H66O6. The van der Waals surface area contributed by atoms with Gasteiger partial charge >= 0.3 is 5.97 Å². The fourth-order valence-corrected chi connectivity index (χ4v) is 13.8. The van der Waals surface area contributed by atoms with E-state index in [9.17, 15) is 4.79 Å². The van der Waals surface area contributed by atoms with E-state index in [4.69, 9.17) is 24.0 Å². The highest BCUT2D eigenvalue weighted by Gasteiger charge is 2.69. The van der Waals surface area contributed by atoms with Gasteiger partial charge in [-0.3, -0.25) is 0 Å². The highest BCUT2D eigenvalue weighted by Crippen LogP contribution is 2.68. The Balaban J connectivity index is 0.954. The summed E-state index contributed by atoms with van der Waals surface area (Å²) in [5.41, 5.74) is 2.51. The van der Waals surface area contributed by atoms with Crippen molar-refractivity contribution in [3.63, 3.8) is 0 Å². The third-order valence-electron chi connectivity index (χ3n) is 16.5. The topological polar surface area (TPSA) is 63.2 Å². The van der Waals surface area contributed by atoms with Gasteiger partial charge in [0.15, 0.2) is 5.60 Å². The summed E-state index contributed by atoms with van der Waals surface area (Å²) in [4.78, 5) is 26.2. The number of ether oxygens (including phenoxy) is 3. The minimum absolute atomic E-state index is 0.0143. The van der Waals surface area contributed by atoms with Crippen molar-refractivity contribution < 1.29 is 28.8 Å². The number of carbonyl (C=O) groups is 1. The first-order chi connectivity index (χ1) is 23.3. The van der Waals surface area contributed by atoms with Crippen molar-refractivity contribution in [3.8, 4) is 0 Å². The van der Waals surface area contributed by atoms with Crippen LogP contribution in [0.5, 0.6) is 0 Å². The number of allylic oxidation sites excluding steroid dienone is 1. The summed E-state index contributed by atoms with van der Waals surface area (Å²) in [6.07, 6.45) is 19.5. The molecule has 4 aliphatic heterocycles. The van der Waals surface area contributed by atoms with Crippen LogP contribution in [0.4, 0.5) is 0 Å². The minimum Gasteiger partial charge on any atom is -0.456 e. The van der Waals surface area contributed by atoms with Crippen LogP contribution in [-0.4, -0.2) is 29.8 Å². The van der Waals surface area contributed by atoms with Crippen molar-refractivity contribution in [2.75, 3.05) is 0 Å². The van der Waals surface area contributed by atoms with Crippen molar-refractivity contribution in [2.24, 2.45) is 64.1 Å². The molecule has 0 radical (unpaired) electrons. The highest BCUT2D eigenvalue weighted by atomic mass is 17.3. The molecule has 0 aromatic heterocycles. The highest BCUT2D eigenvalue weighted by molar-refractivity contribution is 5.87. The number of hydrogen-bond donors (Lipinski definition) is 0. The molecule has 4 saturated carbocycles. The lowest BCUT2D eigenvalue weighted by Gasteiger charge is -2.58. The Labute approximate surface area is 296 Å². The predicted molar refractivity (Wildman–Crippen MR) is 190 cm³/mol. The van der Waals surface area contributed by atoms with Crippen LogP contribution in [-0.2, 0) is 28.8 Å². The van der Waals surface area contributed by atoms with Gasteiger partial charge in [-0.25, -0.2) is 14.6 Å². The van der Waals surface area contributed by atoms with E-state index in [0.717, 1.165) is 86.0 Å². The number of rotatable bonds is 7. The quantitative estimate of drug-likeness (QED) is 0.152. The summed E-state index contributed by atoms with van der Waals surface area (Å²) in [6, 6.07) is 0. The molecule has 3 saturated heterocycles. The Morgan fingerprint density at radius 3 is 2.51 bits per heavy atom. The van der Waals surface area contributed by atoms with Gasteiger partial charge in [0.2, 0.25) is 17.8 Å². The molecule has 274 valence electrons. The van der Waals surface area contributed by atoms with Crippen LogP contribution in [0.1, 0.15) is 152 Å². The summed E-state index contributed by atoms with van der Waals surface area (Å²) in [5.74, 6) is 4.88. The first kappa shape index (κ1) is 34.7. The Morgan fingerprint density at radius 2 is 1.71 bits per heavy atom. The van der Waals surface area contributed by atoms with E-state index in [2.05, 4.69) is 47.6 Å². The first-order valence-electron chi connectivity index (χ1n) is 20.6. The molecule has 0 aromatic carbocycles. The lowest BCUT2D eigenvalue weighted by atomic mass is 9.47. The number of hydrogen-bond acceptors (Lipinski definition) is 6. The fourth-order valence-electron chi connectivity index (χ4n) is 13.8. The van der Waals surface area contributed by atoms with E-state index in [1.807, 2.05) is 13.8 Å². The molecule has 6 heteroatoms. The maximum Gasteiger partial charge on any atom is 0.373 e. The van der Waals surface area contributed by atoms with Crippen molar-refractivity contribution >= 4 is 5.97 Å². The van der Waals surface area contributed by atoms with Gasteiger partial charge in [0.1, 0.15) is 6.10 Å². The molecular weight excluding hydrogens is 612 g/mol. The van der Waals surface area contributed by atoms with Gasteiger partial charge in [-0.15, -0.1) is 0 Å². The summed E-state index contributed by atoms with van der Waals surface area (Å²) in [7, 11) is 0. The van der Waals surface area contributed by atoms with Gasteiger partial charge in [0.25, 0.3) is 0 Å². The van der Waals surface area contributed by atoms with Gasteiger partial charge in [-0.1, -0.05) is 72.5 Å². The molecule has 9 rings (SSSR count). The van der Waals surface area contributed by atoms with E-state index in [1.54, 1.807) is 5.57 Å². The van der Waals surface area contributed by atoms with Gasteiger partial charge in [-0.2, -0.15) is 0 Å². The second-order valence-electron chi connectivity index (χ2n) is 19.5. The van der Waals surface area contributed by atoms with Crippen LogP contribution in [0.15, 0.2) is 23.0 Å². The largest absolute Gasteiger partial charge is 0.456 e. The molecule has 14 atom stereocenters. The zero-order chi connectivity index (χ0) is 34.5. The van der Waals surface area contributed by atoms with Crippen molar-refractivity contribution in [2.45, 2.75) is 175 Å². The van der Waals surface area contributed by atoms with Crippen molar-refractivity contribution in [1.82, 2.24) is 0 Å². The smallest absolute Gasteiger partial charge is 0.373 e. The SMILES string of the molecule is CC1=C(C(=O)OC2CC[C@@]3(C)C(=CC[C@H]4[C@@H]5CC[C@H]([C@H](C)CCCC(C)C)[C@@]5(C)CC[C@@H]43)C2)O[C@@H]2O[C@]3(C)CC[C@H]4[C@H](C)CC[C@@H]1[C@@]24OO3. The Kier molecular flexibility index (Phi) is 8.75. The van der Waals surface area contributed by atoms with E-state index in [1.165, 1.54) is 51.4 Å². The molecule has 2 bridgehead atoms. The van der Waals surface area contributed by atoms with Crippen LogP contribution >= 0.6 is 0 Å². The van der Waals surface area contributed by atoms with Crippen LogP contribution < -0.4 is 0 Å². The summed E-state index contributed by atoms with van der Waals surface area (Å²) in [6.45, 7) is 18.8. The first-order valence-corrected chi connectivity index (χ1v) is 20.6. The Hall–Kier alpha value is -1.37. The summed E-state index contributed by atoms with van der Waals surface area (Å²) < 4.78 is 19.4. The number of fused-ring (bicyclic) bond motifs is 7. The molecule has 9 aliphatic rings. The minimum atomic E-state index is -0.863. The maximum atomic E-state index is 14.0. The molecule has 0 N–H and O–H groups in total. The van der Waals surface area contributed by atoms with Gasteiger partial charge < -0.3 is 14.2 Å². The molecule has 4 heterocycles. The average Bonchev–Trinajstić information content (AvgIpc) is 3.26. The predicted octanol–water partition coefficient (Wildman–Crippen LogP) is 10.5. The molecule has 5 aliphatic carbocycles. The van der Waals surface area contributed by atoms with Crippen LogP contribution in [0, 0.1) is 64.1 Å². The maximum absolute atomic E-state index is 14.0. The monoisotopic (exact) mass is 678 g/mol. The van der Waals surface area contributed by atoms with E-state index in [-0.39, 0.29) is 29.3 Å². The average molecular weight is 679 g/mol. The van der Waals surface area contributed by atoms with Crippen LogP contribution in [0.3, 0.4) is 0 Å². The lowest BCUT2D eigenvalue weighted by molar-refractivity contribution is -0.556. The van der Waals surface area contributed by atoms with Crippen LogP contribution in [0.2, 0.25) is 0 Å². The molecule has 0 aromatic rings. The number of carbonyl (C=O) groups excluding carboxylic acids is 1. The summed E-state index contributed by atoms with van der Waals surface area (Å²) >= 11 is 0. The lowest BCUT2D eigenvalue weighted by Crippen LogP contribution is -2.67. The molecule has 0 amide bonds. The molecule has 1 unspecified atom stereocenters. The van der Waals surface area contributed by atoms with E-state index >= 15 is 0 Å². The number of esters is 1. The normalized spacial score (nSPS) is 49.2. The zero-order valence-corrected chi connectivity index (χ0v) is 32.0. The third kappa shape index (κ3) is 5.36. The van der Waals surface area contributed by atoms with Gasteiger partial charge in [0.05, 0.1) is 0 Å². The van der Waals surface area contributed by atoms with Gasteiger partial charge in [0, 0.05) is 24.7 Å². The molecule has 7 fully saturated rings. The third-order valence-corrected chi connectivity index (χ3v) is 16.5. The van der Waals surface area contributed by atoms with Gasteiger partial charge in [-0.05, 0) is 136 Å². The van der Waals surface area contributed by atoms with Crippen molar-refractivity contribution in [3.05, 3.63) is 23.0 Å². The summed E-state index contributed by atoms with van der Waals surface area (Å²) in [5, 5.41) is 0. The Bertz CT molecular complexity index is 1370. The van der Waals surface area contributed by atoms with E-state index < -0.39 is 17.7 Å². The zero-order valence-electron chi connectivity index (χ0n) is 32.0. The molecule has 6 nitrogen and oxygen atoms in total. The second kappa shape index (κ2) is 12.4. The standard InChI is InChI=1S/C43H66O6/c1-25(2)10-9-11-26(3)32-16-17-35-31-14-13-29-24-30(18-21-40(29,6)36(31)19-22-41(32,35)7)45-38(44)37-28(5)34-15-12-27(4)33-20-23-42(8)47-39(46-37)43(33,34)49-48-42/h13,25-27,30-36,39H,9-12,14-24H2,1-8H3/t26-,27-,30?,31+,32-,33+,34+,35+,36+,39-,40+,41-,42+,43-/m1/s1. The van der Waals surface area contributed by atoms with Crippen LogP contribution in [0.25, 0.3) is 0 Å². The van der Waals surface area contributed by atoms with Crippen molar-refractivity contribution in [1.29, 1.82) is 0 Å². The fraction of sp³-hybridized carbons (Fsp3) is 0.884. The van der Waals surface area contributed by atoms with E-state index in [0.29, 0.717) is 17.1 Å². The Morgan fingerprint density at radius 1 is 0.918 bits per heavy atom. The molecule has 49 heavy (non-hydrogen) atoms. The molecule has 1 spiro atoms. The second-order valence-corrected chi connectivity index (χ2v) is 19.5.